The van der Waals surface area contributed by atoms with Gasteiger partial charge in [-0.05, 0) is 29.7 Å². The molecule has 0 aromatic heterocycles. The van der Waals surface area contributed by atoms with Crippen molar-refractivity contribution < 1.29 is 14.4 Å². The number of unbranched alkanes of at least 4 members (excludes halogenated alkanes) is 3. The molecule has 0 spiro atoms. The summed E-state index contributed by atoms with van der Waals surface area (Å²) in [6.07, 6.45) is 3.97. The van der Waals surface area contributed by atoms with E-state index >= 15 is 0 Å². The Hall–Kier alpha value is -3.41. The Morgan fingerprint density at radius 2 is 1.62 bits per heavy atom. The second-order valence-electron chi connectivity index (χ2n) is 8.15. The first-order valence-corrected chi connectivity index (χ1v) is 11.2. The molecule has 1 N–H and O–H groups in total. The number of nitrogens with zero attached hydrogens (tertiary/aromatic N) is 2. The van der Waals surface area contributed by atoms with E-state index in [9.17, 15) is 14.4 Å². The van der Waals surface area contributed by atoms with Crippen LogP contribution in [0, 0.1) is 0 Å². The van der Waals surface area contributed by atoms with Gasteiger partial charge in [0.15, 0.2) is 0 Å². The van der Waals surface area contributed by atoms with Gasteiger partial charge in [-0.2, -0.15) is 0 Å². The van der Waals surface area contributed by atoms with Crippen LogP contribution < -0.4 is 5.32 Å². The molecule has 1 aliphatic rings. The number of anilines is 1. The number of amides is 3. The second kappa shape index (κ2) is 10.8. The van der Waals surface area contributed by atoms with Gasteiger partial charge >= 0.3 is 0 Å². The normalized spacial score (nSPS) is 13.7. The zero-order valence-electron chi connectivity index (χ0n) is 19.1. The van der Waals surface area contributed by atoms with E-state index in [4.69, 9.17) is 0 Å². The molecule has 1 heterocycles. The van der Waals surface area contributed by atoms with E-state index < -0.39 is 0 Å². The minimum absolute atomic E-state index is 0.161. The number of imide groups is 1. The minimum atomic E-state index is -0.256. The highest BCUT2D eigenvalue weighted by molar-refractivity contribution is 6.35. The molecule has 0 fully saturated rings. The highest BCUT2D eigenvalue weighted by Gasteiger charge is 2.40. The molecule has 6 heteroatoms. The van der Waals surface area contributed by atoms with E-state index in [0.29, 0.717) is 35.6 Å². The first-order valence-electron chi connectivity index (χ1n) is 11.2. The molecule has 2 aromatic rings. The molecule has 2 aromatic carbocycles. The number of carbonyl (C=O) groups is 3. The van der Waals surface area contributed by atoms with Crippen molar-refractivity contribution in [2.75, 3.05) is 18.9 Å². The van der Waals surface area contributed by atoms with Crippen LogP contribution in [0.5, 0.6) is 0 Å². The summed E-state index contributed by atoms with van der Waals surface area (Å²) in [4.78, 5) is 41.3. The van der Waals surface area contributed by atoms with Gasteiger partial charge in [-0.25, -0.2) is 0 Å². The van der Waals surface area contributed by atoms with Crippen molar-refractivity contribution in [3.8, 4) is 0 Å². The monoisotopic (exact) mass is 433 g/mol. The molecule has 0 bridgehead atoms. The maximum atomic E-state index is 13.4. The number of likely N-dealkylation sites (N-methyl/N-ethyl adjacent to an activating group) is 1. The largest absolute Gasteiger partial charge is 0.365 e. The summed E-state index contributed by atoms with van der Waals surface area (Å²) in [6, 6.07) is 16.9. The van der Waals surface area contributed by atoms with E-state index in [2.05, 4.69) is 12.2 Å². The molecule has 3 rings (SSSR count). The van der Waals surface area contributed by atoms with E-state index in [1.165, 1.54) is 11.8 Å². The third-order valence-electron chi connectivity index (χ3n) is 5.52. The fourth-order valence-electron chi connectivity index (χ4n) is 3.94. The Balaban J connectivity index is 1.92. The highest BCUT2D eigenvalue weighted by Crippen LogP contribution is 2.32. The van der Waals surface area contributed by atoms with Gasteiger partial charge in [0.05, 0.1) is 5.57 Å². The summed E-state index contributed by atoms with van der Waals surface area (Å²) in [7, 11) is 1.85. The average molecular weight is 434 g/mol. The van der Waals surface area contributed by atoms with Gasteiger partial charge in [0.25, 0.3) is 11.8 Å². The Morgan fingerprint density at radius 1 is 0.938 bits per heavy atom. The first kappa shape index (κ1) is 23.3. The van der Waals surface area contributed by atoms with Gasteiger partial charge in [0.2, 0.25) is 5.91 Å². The fraction of sp³-hybridized carbons (Fsp3) is 0.346. The molecule has 0 radical (unpaired) electrons. The lowest BCUT2D eigenvalue weighted by Gasteiger charge is -2.21. The SMILES string of the molecule is CCCCCCN1C(=O)C(c2ccc(NC(C)=O)cc2)=C(N(C)Cc2ccccc2)C1=O. The lowest BCUT2D eigenvalue weighted by Crippen LogP contribution is -2.34. The Bertz CT molecular complexity index is 997. The van der Waals surface area contributed by atoms with Crippen LogP contribution in [0.25, 0.3) is 5.57 Å². The van der Waals surface area contributed by atoms with Crippen molar-refractivity contribution >= 4 is 29.0 Å². The molecule has 0 saturated heterocycles. The van der Waals surface area contributed by atoms with Gasteiger partial charge in [0, 0.05) is 32.7 Å². The van der Waals surface area contributed by atoms with E-state index in [0.717, 1.165) is 31.2 Å². The van der Waals surface area contributed by atoms with E-state index in [-0.39, 0.29) is 17.7 Å². The predicted octanol–water partition coefficient (Wildman–Crippen LogP) is 4.44. The van der Waals surface area contributed by atoms with Crippen LogP contribution in [0.3, 0.4) is 0 Å². The van der Waals surface area contributed by atoms with Gasteiger partial charge in [-0.15, -0.1) is 0 Å². The Kier molecular flexibility index (Phi) is 7.82. The zero-order valence-corrected chi connectivity index (χ0v) is 19.1. The molecule has 0 aliphatic carbocycles. The molecule has 6 nitrogen and oxygen atoms in total. The average Bonchev–Trinajstić information content (AvgIpc) is 3.02. The third kappa shape index (κ3) is 5.44. The molecule has 168 valence electrons. The van der Waals surface area contributed by atoms with Gasteiger partial charge < -0.3 is 10.2 Å². The van der Waals surface area contributed by atoms with Crippen LogP contribution in [0.15, 0.2) is 60.3 Å². The van der Waals surface area contributed by atoms with Crippen molar-refractivity contribution in [1.82, 2.24) is 9.80 Å². The van der Waals surface area contributed by atoms with Crippen molar-refractivity contribution in [3.05, 3.63) is 71.4 Å². The molecule has 0 unspecified atom stereocenters. The molecule has 3 amide bonds. The quantitative estimate of drug-likeness (QED) is 0.444. The van der Waals surface area contributed by atoms with Crippen LogP contribution in [0.1, 0.15) is 50.7 Å². The smallest absolute Gasteiger partial charge is 0.277 e. The molecule has 0 saturated carbocycles. The van der Waals surface area contributed by atoms with Crippen LogP contribution in [-0.2, 0) is 20.9 Å². The minimum Gasteiger partial charge on any atom is -0.365 e. The lowest BCUT2D eigenvalue weighted by molar-refractivity contribution is -0.137. The number of hydrogen-bond donors (Lipinski definition) is 1. The summed E-state index contributed by atoms with van der Waals surface area (Å²) in [5.41, 5.74) is 3.21. The number of hydrogen-bond acceptors (Lipinski definition) is 4. The molecule has 0 atom stereocenters. The van der Waals surface area contributed by atoms with Gasteiger partial charge in [-0.3, -0.25) is 19.3 Å². The van der Waals surface area contributed by atoms with Crippen LogP contribution >= 0.6 is 0 Å². The van der Waals surface area contributed by atoms with Crippen molar-refractivity contribution in [1.29, 1.82) is 0 Å². The van der Waals surface area contributed by atoms with Gasteiger partial charge in [0.1, 0.15) is 5.70 Å². The van der Waals surface area contributed by atoms with Gasteiger partial charge in [-0.1, -0.05) is 68.7 Å². The lowest BCUT2D eigenvalue weighted by atomic mass is 10.0. The topological polar surface area (TPSA) is 69.7 Å². The van der Waals surface area contributed by atoms with Crippen molar-refractivity contribution in [3.63, 3.8) is 0 Å². The molecular formula is C26H31N3O3. The van der Waals surface area contributed by atoms with Crippen LogP contribution in [0.4, 0.5) is 5.69 Å². The molecule has 1 aliphatic heterocycles. The maximum Gasteiger partial charge on any atom is 0.277 e. The van der Waals surface area contributed by atoms with Crippen LogP contribution in [0.2, 0.25) is 0 Å². The number of carbonyl (C=O) groups excluding carboxylic acids is 3. The van der Waals surface area contributed by atoms with Crippen molar-refractivity contribution in [2.45, 2.75) is 46.1 Å². The number of benzene rings is 2. The van der Waals surface area contributed by atoms with Crippen molar-refractivity contribution in [2.24, 2.45) is 0 Å². The standard InChI is InChI=1S/C26H31N3O3/c1-4-5-6-10-17-29-25(31)23(21-13-15-22(16-14-21)27-19(2)30)24(26(29)32)28(3)18-20-11-8-7-9-12-20/h7-9,11-16H,4-6,10,17-18H2,1-3H3,(H,27,30). The van der Waals surface area contributed by atoms with E-state index in [1.54, 1.807) is 24.3 Å². The summed E-state index contributed by atoms with van der Waals surface area (Å²) >= 11 is 0. The predicted molar refractivity (Wildman–Crippen MR) is 126 cm³/mol. The fourth-order valence-corrected chi connectivity index (χ4v) is 3.94. The number of nitrogens with one attached hydrogen (secondary N) is 1. The summed E-state index contributed by atoms with van der Waals surface area (Å²) in [5.74, 6) is -0.662. The summed E-state index contributed by atoms with van der Waals surface area (Å²) in [5, 5.41) is 2.73. The number of rotatable bonds is 10. The Morgan fingerprint density at radius 3 is 2.25 bits per heavy atom. The van der Waals surface area contributed by atoms with Crippen LogP contribution in [-0.4, -0.2) is 41.1 Å². The van der Waals surface area contributed by atoms with E-state index in [1.807, 2.05) is 42.3 Å². The molecular weight excluding hydrogens is 402 g/mol. The Labute approximate surface area is 189 Å². The summed E-state index contributed by atoms with van der Waals surface area (Å²) < 4.78 is 0. The highest BCUT2D eigenvalue weighted by atomic mass is 16.2. The zero-order chi connectivity index (χ0) is 23.1. The molecule has 32 heavy (non-hydrogen) atoms. The third-order valence-corrected chi connectivity index (χ3v) is 5.52. The second-order valence-corrected chi connectivity index (χ2v) is 8.15. The first-order chi connectivity index (χ1) is 15.4. The summed E-state index contributed by atoms with van der Waals surface area (Å²) in [6.45, 7) is 4.52. The maximum absolute atomic E-state index is 13.4.